The van der Waals surface area contributed by atoms with E-state index in [2.05, 4.69) is 31.2 Å². The van der Waals surface area contributed by atoms with Gasteiger partial charge in [0.1, 0.15) is 0 Å². The summed E-state index contributed by atoms with van der Waals surface area (Å²) in [5, 5.41) is 10.7. The van der Waals surface area contributed by atoms with Crippen LogP contribution in [-0.4, -0.2) is 5.11 Å². The molecule has 0 saturated heterocycles. The van der Waals surface area contributed by atoms with Crippen LogP contribution in [0.25, 0.3) is 0 Å². The molecule has 2 saturated carbocycles. The van der Waals surface area contributed by atoms with E-state index in [0.29, 0.717) is 5.92 Å². The second kappa shape index (κ2) is 6.30. The van der Waals surface area contributed by atoms with E-state index in [1.54, 1.807) is 0 Å². The Morgan fingerprint density at radius 2 is 1.85 bits per heavy atom. The van der Waals surface area contributed by atoms with E-state index in [0.717, 1.165) is 17.4 Å². The summed E-state index contributed by atoms with van der Waals surface area (Å²) in [5.41, 5.74) is 2.62. The molecule has 2 aliphatic carbocycles. The molecule has 2 aliphatic rings. The van der Waals surface area contributed by atoms with Gasteiger partial charge in [0.25, 0.3) is 0 Å². The lowest BCUT2D eigenvalue weighted by molar-refractivity contribution is 0.0728. The molecule has 0 heterocycles. The first-order chi connectivity index (χ1) is 9.78. The molecule has 0 spiro atoms. The van der Waals surface area contributed by atoms with Gasteiger partial charge in [-0.2, -0.15) is 0 Å². The van der Waals surface area contributed by atoms with E-state index >= 15 is 0 Å². The average Bonchev–Trinajstić information content (AvgIpc) is 2.45. The first kappa shape index (κ1) is 14.1. The van der Waals surface area contributed by atoms with Gasteiger partial charge in [0.05, 0.1) is 6.10 Å². The molecular formula is C19H28O. The zero-order valence-corrected chi connectivity index (χ0v) is 12.7. The third kappa shape index (κ3) is 2.93. The molecule has 1 aromatic rings. The zero-order valence-electron chi connectivity index (χ0n) is 12.7. The van der Waals surface area contributed by atoms with Gasteiger partial charge in [-0.05, 0) is 54.6 Å². The highest BCUT2D eigenvalue weighted by Gasteiger charge is 2.27. The van der Waals surface area contributed by atoms with Crippen molar-refractivity contribution >= 4 is 0 Å². The van der Waals surface area contributed by atoms with Gasteiger partial charge in [-0.3, -0.25) is 0 Å². The molecule has 1 heteroatoms. The Morgan fingerprint density at radius 1 is 1.10 bits per heavy atom. The summed E-state index contributed by atoms with van der Waals surface area (Å²) < 4.78 is 0. The summed E-state index contributed by atoms with van der Waals surface area (Å²) in [5.74, 6) is 2.15. The van der Waals surface area contributed by atoms with Gasteiger partial charge in [-0.1, -0.05) is 56.9 Å². The molecule has 0 radical (unpaired) electrons. The number of benzene rings is 1. The molecule has 1 nitrogen and oxygen atoms in total. The van der Waals surface area contributed by atoms with Crippen LogP contribution in [0.1, 0.15) is 81.4 Å². The highest BCUT2D eigenvalue weighted by Crippen LogP contribution is 2.40. The monoisotopic (exact) mass is 272 g/mol. The molecule has 0 aromatic heterocycles. The van der Waals surface area contributed by atoms with Crippen molar-refractivity contribution in [2.45, 2.75) is 70.3 Å². The summed E-state index contributed by atoms with van der Waals surface area (Å²) in [6.45, 7) is 2.30. The molecule has 0 amide bonds. The van der Waals surface area contributed by atoms with Crippen LogP contribution in [0.15, 0.2) is 24.3 Å². The van der Waals surface area contributed by atoms with E-state index in [9.17, 15) is 5.11 Å². The fraction of sp³-hybridized carbons (Fsp3) is 0.684. The van der Waals surface area contributed by atoms with E-state index < -0.39 is 0 Å². The van der Waals surface area contributed by atoms with Crippen molar-refractivity contribution in [2.75, 3.05) is 0 Å². The van der Waals surface area contributed by atoms with Crippen molar-refractivity contribution in [2.24, 2.45) is 11.8 Å². The fourth-order valence-electron chi connectivity index (χ4n) is 3.92. The van der Waals surface area contributed by atoms with Crippen LogP contribution >= 0.6 is 0 Å². The number of aliphatic hydroxyl groups excluding tert-OH is 1. The normalized spacial score (nSPS) is 28.9. The lowest BCUT2D eigenvalue weighted by Gasteiger charge is -2.32. The van der Waals surface area contributed by atoms with E-state index in [4.69, 9.17) is 0 Å². The second-order valence-corrected chi connectivity index (χ2v) is 6.93. The minimum Gasteiger partial charge on any atom is -0.388 e. The van der Waals surface area contributed by atoms with Crippen LogP contribution in [0.4, 0.5) is 0 Å². The molecular weight excluding hydrogens is 244 g/mol. The van der Waals surface area contributed by atoms with Crippen molar-refractivity contribution in [3.63, 3.8) is 0 Å². The predicted octanol–water partition coefficient (Wildman–Crippen LogP) is 5.20. The van der Waals surface area contributed by atoms with Crippen molar-refractivity contribution in [3.05, 3.63) is 35.4 Å². The number of aliphatic hydroxyl groups is 1. The van der Waals surface area contributed by atoms with Crippen LogP contribution in [0.3, 0.4) is 0 Å². The van der Waals surface area contributed by atoms with Crippen molar-refractivity contribution in [3.8, 4) is 0 Å². The van der Waals surface area contributed by atoms with Gasteiger partial charge in [0.15, 0.2) is 0 Å². The minimum absolute atomic E-state index is 0.243. The van der Waals surface area contributed by atoms with Gasteiger partial charge in [0.2, 0.25) is 0 Å². The van der Waals surface area contributed by atoms with Gasteiger partial charge in [0, 0.05) is 0 Å². The third-order valence-corrected chi connectivity index (χ3v) is 5.74. The quantitative estimate of drug-likeness (QED) is 0.798. The summed E-state index contributed by atoms with van der Waals surface area (Å²) in [6.07, 6.45) is 10.1. The van der Waals surface area contributed by atoms with Crippen LogP contribution in [-0.2, 0) is 0 Å². The Hall–Kier alpha value is -0.820. The molecule has 2 fully saturated rings. The molecule has 1 unspecified atom stereocenters. The summed E-state index contributed by atoms with van der Waals surface area (Å²) in [6, 6.07) is 8.79. The number of rotatable bonds is 4. The SMILES string of the molecule is CCC1CCC(C(O)c2cccc(C3CCC3)c2)CC1. The van der Waals surface area contributed by atoms with E-state index in [-0.39, 0.29) is 6.10 Å². The molecule has 0 aliphatic heterocycles. The Balaban J connectivity index is 1.66. The fourth-order valence-corrected chi connectivity index (χ4v) is 3.92. The zero-order chi connectivity index (χ0) is 13.9. The minimum atomic E-state index is -0.243. The molecule has 110 valence electrons. The Labute approximate surface area is 123 Å². The lowest BCUT2D eigenvalue weighted by atomic mass is 9.76. The topological polar surface area (TPSA) is 20.2 Å². The maximum atomic E-state index is 10.7. The Bertz CT molecular complexity index is 427. The maximum absolute atomic E-state index is 10.7. The summed E-state index contributed by atoms with van der Waals surface area (Å²) in [7, 11) is 0. The third-order valence-electron chi connectivity index (χ3n) is 5.74. The van der Waals surface area contributed by atoms with Crippen LogP contribution in [0.2, 0.25) is 0 Å². The van der Waals surface area contributed by atoms with Crippen LogP contribution in [0.5, 0.6) is 0 Å². The Morgan fingerprint density at radius 3 is 2.45 bits per heavy atom. The maximum Gasteiger partial charge on any atom is 0.0818 e. The first-order valence-corrected chi connectivity index (χ1v) is 8.56. The average molecular weight is 272 g/mol. The van der Waals surface area contributed by atoms with Gasteiger partial charge in [-0.25, -0.2) is 0 Å². The summed E-state index contributed by atoms with van der Waals surface area (Å²) >= 11 is 0. The Kier molecular flexibility index (Phi) is 4.45. The van der Waals surface area contributed by atoms with Crippen LogP contribution in [0, 0.1) is 11.8 Å². The highest BCUT2D eigenvalue weighted by atomic mass is 16.3. The summed E-state index contributed by atoms with van der Waals surface area (Å²) in [4.78, 5) is 0. The highest BCUT2D eigenvalue weighted by molar-refractivity contribution is 5.29. The van der Waals surface area contributed by atoms with Gasteiger partial charge in [-0.15, -0.1) is 0 Å². The second-order valence-electron chi connectivity index (χ2n) is 6.93. The lowest BCUT2D eigenvalue weighted by Crippen LogP contribution is -2.20. The number of hydrogen-bond acceptors (Lipinski definition) is 1. The number of hydrogen-bond donors (Lipinski definition) is 1. The van der Waals surface area contributed by atoms with E-state index in [1.165, 1.54) is 56.9 Å². The van der Waals surface area contributed by atoms with Crippen LogP contribution < -0.4 is 0 Å². The largest absolute Gasteiger partial charge is 0.388 e. The molecule has 1 aromatic carbocycles. The molecule has 1 N–H and O–H groups in total. The van der Waals surface area contributed by atoms with Gasteiger partial charge >= 0.3 is 0 Å². The standard InChI is InChI=1S/C19H28O/c1-2-14-9-11-16(12-10-14)19(20)18-8-4-7-17(13-18)15-5-3-6-15/h4,7-8,13-16,19-20H,2-3,5-6,9-12H2,1H3. The van der Waals surface area contributed by atoms with Crippen molar-refractivity contribution < 1.29 is 5.11 Å². The van der Waals surface area contributed by atoms with E-state index in [1.807, 2.05) is 0 Å². The van der Waals surface area contributed by atoms with Crippen molar-refractivity contribution in [1.29, 1.82) is 0 Å². The molecule has 1 atom stereocenters. The van der Waals surface area contributed by atoms with Crippen molar-refractivity contribution in [1.82, 2.24) is 0 Å². The molecule has 20 heavy (non-hydrogen) atoms. The predicted molar refractivity (Wildman–Crippen MR) is 83.7 cm³/mol. The smallest absolute Gasteiger partial charge is 0.0818 e. The molecule has 3 rings (SSSR count). The van der Waals surface area contributed by atoms with Gasteiger partial charge < -0.3 is 5.11 Å². The first-order valence-electron chi connectivity index (χ1n) is 8.56. The molecule has 0 bridgehead atoms.